The summed E-state index contributed by atoms with van der Waals surface area (Å²) in [5.41, 5.74) is -0.279. The van der Waals surface area contributed by atoms with Crippen molar-refractivity contribution in [1.29, 1.82) is 0 Å². The van der Waals surface area contributed by atoms with Crippen LogP contribution in [0.1, 0.15) is 16.6 Å². The molecule has 1 rings (SSSR count). The third-order valence-electron chi connectivity index (χ3n) is 1.80. The Morgan fingerprint density at radius 1 is 1.57 bits per heavy atom. The Labute approximate surface area is 84.8 Å². The number of nitrogens with zero attached hydrogens (tertiary/aromatic N) is 2. The largest absolute Gasteiger partial charge is 0.272 e. The predicted octanol–water partition coefficient (Wildman–Crippen LogP) is 2.91. The summed E-state index contributed by atoms with van der Waals surface area (Å²) in [5, 5.41) is 13.1. The molecule has 0 saturated carbocycles. The summed E-state index contributed by atoms with van der Waals surface area (Å²) in [5.74, 6) is 0. The number of aryl methyl sites for hydroxylation is 1. The third-order valence-corrected chi connectivity index (χ3v) is 2.13. The second kappa shape index (κ2) is 4.15. The Kier molecular flexibility index (Phi) is 3.14. The van der Waals surface area contributed by atoms with Crippen LogP contribution >= 0.6 is 11.6 Å². The molecular formula is C8H7ClN2O3. The summed E-state index contributed by atoms with van der Waals surface area (Å²) in [4.78, 5) is 20.1. The van der Waals surface area contributed by atoms with Gasteiger partial charge in [0.1, 0.15) is 0 Å². The molecule has 14 heavy (non-hydrogen) atoms. The Morgan fingerprint density at radius 2 is 2.21 bits per heavy atom. The summed E-state index contributed by atoms with van der Waals surface area (Å²) in [6, 6.07) is 4.34. The molecule has 0 saturated heterocycles. The molecule has 5 nitrogen and oxygen atoms in total. The molecule has 0 N–H and O–H groups in total. The van der Waals surface area contributed by atoms with E-state index >= 15 is 0 Å². The van der Waals surface area contributed by atoms with Crippen molar-refractivity contribution >= 4 is 17.3 Å². The average Bonchev–Trinajstić information content (AvgIpc) is 2.17. The Balaban J connectivity index is 3.19. The first kappa shape index (κ1) is 10.6. The average molecular weight is 215 g/mol. The van der Waals surface area contributed by atoms with Gasteiger partial charge in [-0.25, -0.2) is 0 Å². The number of hydrogen-bond acceptors (Lipinski definition) is 4. The van der Waals surface area contributed by atoms with Crippen LogP contribution < -0.4 is 0 Å². The first-order chi connectivity index (χ1) is 6.56. The lowest BCUT2D eigenvalue weighted by Gasteiger charge is -2.02. The Bertz CT molecular complexity index is 381. The minimum absolute atomic E-state index is 0.0585. The molecule has 0 heterocycles. The SMILES string of the molecule is Cc1ccc(C(Cl)N=O)cc1[N+](=O)[O-]. The van der Waals surface area contributed by atoms with Crippen molar-refractivity contribution in [3.63, 3.8) is 0 Å². The van der Waals surface area contributed by atoms with Crippen LogP contribution in [0, 0.1) is 21.9 Å². The van der Waals surface area contributed by atoms with Crippen molar-refractivity contribution in [2.24, 2.45) is 5.18 Å². The van der Waals surface area contributed by atoms with Crippen LogP contribution in [0.2, 0.25) is 0 Å². The monoisotopic (exact) mass is 214 g/mol. The highest BCUT2D eigenvalue weighted by atomic mass is 35.5. The lowest BCUT2D eigenvalue weighted by molar-refractivity contribution is -0.385. The molecule has 0 aliphatic rings. The van der Waals surface area contributed by atoms with E-state index in [0.29, 0.717) is 11.1 Å². The zero-order chi connectivity index (χ0) is 10.7. The summed E-state index contributed by atoms with van der Waals surface area (Å²) in [7, 11) is 0. The molecule has 1 aromatic carbocycles. The van der Waals surface area contributed by atoms with Crippen LogP contribution in [0.3, 0.4) is 0 Å². The van der Waals surface area contributed by atoms with E-state index in [1.807, 2.05) is 0 Å². The van der Waals surface area contributed by atoms with Crippen molar-refractivity contribution in [2.75, 3.05) is 0 Å². The topological polar surface area (TPSA) is 72.6 Å². The molecule has 1 unspecified atom stereocenters. The van der Waals surface area contributed by atoms with Gasteiger partial charge in [-0.3, -0.25) is 10.1 Å². The molecular weight excluding hydrogens is 208 g/mol. The number of alkyl halides is 1. The van der Waals surface area contributed by atoms with Crippen LogP contribution in [0.25, 0.3) is 0 Å². The van der Waals surface area contributed by atoms with E-state index in [9.17, 15) is 15.0 Å². The van der Waals surface area contributed by atoms with Crippen LogP contribution in [0.4, 0.5) is 5.69 Å². The van der Waals surface area contributed by atoms with Crippen LogP contribution in [0.15, 0.2) is 23.4 Å². The lowest BCUT2D eigenvalue weighted by Crippen LogP contribution is -1.94. The fourth-order valence-corrected chi connectivity index (χ4v) is 1.17. The van der Waals surface area contributed by atoms with Gasteiger partial charge in [-0.15, -0.1) is 4.91 Å². The predicted molar refractivity (Wildman–Crippen MR) is 52.2 cm³/mol. The van der Waals surface area contributed by atoms with E-state index < -0.39 is 10.4 Å². The highest BCUT2D eigenvalue weighted by molar-refractivity contribution is 6.20. The van der Waals surface area contributed by atoms with Gasteiger partial charge >= 0.3 is 0 Å². The maximum atomic E-state index is 10.5. The van der Waals surface area contributed by atoms with Gasteiger partial charge in [-0.05, 0) is 12.1 Å². The smallest absolute Gasteiger partial charge is 0.258 e. The number of nitro benzene ring substituents is 1. The number of nitro groups is 1. The fourth-order valence-electron chi connectivity index (χ4n) is 1.03. The zero-order valence-corrected chi connectivity index (χ0v) is 8.06. The minimum Gasteiger partial charge on any atom is -0.258 e. The molecule has 0 aromatic heterocycles. The standard InChI is InChI=1S/C8H7ClN2O3/c1-5-2-3-6(8(9)10-12)4-7(5)11(13)14/h2-4,8H,1H3. The number of hydrogen-bond donors (Lipinski definition) is 0. The van der Waals surface area contributed by atoms with Crippen molar-refractivity contribution in [3.05, 3.63) is 44.3 Å². The van der Waals surface area contributed by atoms with Crippen molar-refractivity contribution in [2.45, 2.75) is 12.4 Å². The van der Waals surface area contributed by atoms with Crippen LogP contribution in [0.5, 0.6) is 0 Å². The number of halogens is 1. The van der Waals surface area contributed by atoms with Crippen LogP contribution in [-0.4, -0.2) is 4.92 Å². The van der Waals surface area contributed by atoms with Crippen LogP contribution in [-0.2, 0) is 0 Å². The molecule has 74 valence electrons. The minimum atomic E-state index is -1.07. The molecule has 0 bridgehead atoms. The van der Waals surface area contributed by atoms with Gasteiger partial charge in [0.05, 0.1) is 4.92 Å². The second-order valence-corrected chi connectivity index (χ2v) is 3.16. The third kappa shape index (κ3) is 2.05. The molecule has 0 spiro atoms. The maximum absolute atomic E-state index is 10.5. The highest BCUT2D eigenvalue weighted by Crippen LogP contribution is 2.27. The van der Waals surface area contributed by atoms with Crippen molar-refractivity contribution < 1.29 is 4.92 Å². The molecule has 1 aromatic rings. The Morgan fingerprint density at radius 3 is 2.71 bits per heavy atom. The molecule has 1 atom stereocenters. The normalized spacial score (nSPS) is 12.1. The fraction of sp³-hybridized carbons (Fsp3) is 0.250. The van der Waals surface area contributed by atoms with E-state index in [1.165, 1.54) is 12.1 Å². The number of nitroso groups, excluding NO2 is 1. The summed E-state index contributed by atoms with van der Waals surface area (Å²) in [6.45, 7) is 1.61. The number of rotatable bonds is 3. The van der Waals surface area contributed by atoms with Gasteiger partial charge in [0.2, 0.25) is 0 Å². The number of benzene rings is 1. The van der Waals surface area contributed by atoms with E-state index in [4.69, 9.17) is 11.6 Å². The molecule has 6 heteroatoms. The molecule has 0 amide bonds. The van der Waals surface area contributed by atoms with Gasteiger partial charge in [-0.1, -0.05) is 23.7 Å². The maximum Gasteiger partial charge on any atom is 0.272 e. The first-order valence-electron chi connectivity index (χ1n) is 3.77. The van der Waals surface area contributed by atoms with E-state index in [-0.39, 0.29) is 5.69 Å². The molecule has 0 fully saturated rings. The molecule has 0 radical (unpaired) electrons. The lowest BCUT2D eigenvalue weighted by atomic mass is 10.1. The molecule has 0 aliphatic heterocycles. The summed E-state index contributed by atoms with van der Waals surface area (Å²) in [6.07, 6.45) is 0. The van der Waals surface area contributed by atoms with Gasteiger partial charge in [0.25, 0.3) is 5.69 Å². The van der Waals surface area contributed by atoms with Gasteiger partial charge in [0, 0.05) is 17.2 Å². The van der Waals surface area contributed by atoms with Gasteiger partial charge < -0.3 is 0 Å². The second-order valence-electron chi connectivity index (χ2n) is 2.74. The quantitative estimate of drug-likeness (QED) is 0.255. The van der Waals surface area contributed by atoms with Gasteiger partial charge in [-0.2, -0.15) is 0 Å². The van der Waals surface area contributed by atoms with E-state index in [1.54, 1.807) is 13.0 Å². The van der Waals surface area contributed by atoms with Crippen molar-refractivity contribution in [3.8, 4) is 0 Å². The zero-order valence-electron chi connectivity index (χ0n) is 7.31. The van der Waals surface area contributed by atoms with Gasteiger partial charge in [0.15, 0.2) is 5.50 Å². The summed E-state index contributed by atoms with van der Waals surface area (Å²) < 4.78 is 0. The van der Waals surface area contributed by atoms with E-state index in [0.717, 1.165) is 0 Å². The molecule has 0 aliphatic carbocycles. The van der Waals surface area contributed by atoms with Crippen molar-refractivity contribution in [1.82, 2.24) is 0 Å². The highest BCUT2D eigenvalue weighted by Gasteiger charge is 2.15. The Hall–Kier alpha value is -1.49. The first-order valence-corrected chi connectivity index (χ1v) is 4.21. The van der Waals surface area contributed by atoms with E-state index in [2.05, 4.69) is 5.18 Å². The summed E-state index contributed by atoms with van der Waals surface area (Å²) >= 11 is 5.52.